The quantitative estimate of drug-likeness (QED) is 0.179. The van der Waals surface area contributed by atoms with Gasteiger partial charge in [0.25, 0.3) is 0 Å². The maximum absolute atomic E-state index is 2.36. The molecule has 0 aliphatic heterocycles. The number of hydrogen-bond acceptors (Lipinski definition) is 0. The lowest BCUT2D eigenvalue weighted by Gasteiger charge is -2.26. The summed E-state index contributed by atoms with van der Waals surface area (Å²) in [6, 6.07) is 62.2. The van der Waals surface area contributed by atoms with Gasteiger partial charge in [0.2, 0.25) is 0 Å². The average molecular weight is 575 g/mol. The summed E-state index contributed by atoms with van der Waals surface area (Å²) in [5.74, 6) is 0. The molecule has 0 amide bonds. The predicted molar refractivity (Wildman–Crippen MR) is 194 cm³/mol. The molecule has 0 radical (unpaired) electrons. The third-order valence-electron chi connectivity index (χ3n) is 9.58. The Kier molecular flexibility index (Phi) is 6.58. The first-order valence-electron chi connectivity index (χ1n) is 15.8. The lowest BCUT2D eigenvalue weighted by Crippen LogP contribution is -2.18. The van der Waals surface area contributed by atoms with Gasteiger partial charge in [-0.2, -0.15) is 0 Å². The predicted octanol–water partition coefficient (Wildman–Crippen LogP) is 12.5. The van der Waals surface area contributed by atoms with Crippen molar-refractivity contribution in [2.24, 2.45) is 0 Å². The van der Waals surface area contributed by atoms with Gasteiger partial charge in [-0.25, -0.2) is 0 Å². The van der Waals surface area contributed by atoms with E-state index in [2.05, 4.69) is 184 Å². The molecule has 0 unspecified atom stereocenters. The third-order valence-corrected chi connectivity index (χ3v) is 9.58. The molecule has 0 aromatic heterocycles. The van der Waals surface area contributed by atoms with Crippen LogP contribution in [0.1, 0.15) is 25.0 Å². The molecule has 0 heteroatoms. The molecule has 45 heavy (non-hydrogen) atoms. The fourth-order valence-electron chi connectivity index (χ4n) is 7.13. The minimum absolute atomic E-state index is 0.0642. The molecule has 0 nitrogen and oxygen atoms in total. The monoisotopic (exact) mass is 574 g/mol. The fourth-order valence-corrected chi connectivity index (χ4v) is 7.13. The van der Waals surface area contributed by atoms with Crippen molar-refractivity contribution in [3.63, 3.8) is 0 Å². The maximum Gasteiger partial charge on any atom is 0.0146 e. The molecule has 0 atom stereocenters. The van der Waals surface area contributed by atoms with Crippen LogP contribution in [0.2, 0.25) is 0 Å². The summed E-state index contributed by atoms with van der Waals surface area (Å²) in [5.41, 5.74) is 10.1. The lowest BCUT2D eigenvalue weighted by atomic mass is 9.78. The van der Waals surface area contributed by atoms with Gasteiger partial charge in [0.05, 0.1) is 0 Å². The minimum atomic E-state index is -0.0642. The summed E-state index contributed by atoms with van der Waals surface area (Å²) in [5, 5.41) is 7.65. The number of fused-ring (bicyclic) bond motifs is 3. The highest BCUT2D eigenvalue weighted by Crippen LogP contribution is 2.45. The van der Waals surface area contributed by atoms with Crippen molar-refractivity contribution in [1.82, 2.24) is 0 Å². The molecule has 0 fully saturated rings. The average Bonchev–Trinajstić information content (AvgIpc) is 3.11. The zero-order valence-electron chi connectivity index (χ0n) is 25.7. The molecule has 0 heterocycles. The van der Waals surface area contributed by atoms with E-state index >= 15 is 0 Å². The first kappa shape index (κ1) is 27.1. The van der Waals surface area contributed by atoms with Crippen LogP contribution >= 0.6 is 0 Å². The van der Waals surface area contributed by atoms with E-state index in [0.29, 0.717) is 0 Å². The lowest BCUT2D eigenvalue weighted by molar-refractivity contribution is 0.641. The Balaban J connectivity index is 1.29. The van der Waals surface area contributed by atoms with Gasteiger partial charge in [0.15, 0.2) is 0 Å². The molecule has 8 aromatic carbocycles. The Bertz CT molecular complexity index is 2260. The van der Waals surface area contributed by atoms with Crippen molar-refractivity contribution in [2.75, 3.05) is 0 Å². The Morgan fingerprint density at radius 1 is 0.333 bits per heavy atom. The third kappa shape index (κ3) is 4.62. The number of rotatable bonds is 5. The van der Waals surface area contributed by atoms with E-state index in [1.807, 2.05) is 0 Å². The molecular weight excluding hydrogens is 540 g/mol. The van der Waals surface area contributed by atoms with Crippen LogP contribution in [0.3, 0.4) is 0 Å². The smallest absolute Gasteiger partial charge is 0.0146 e. The van der Waals surface area contributed by atoms with Crippen LogP contribution in [0.5, 0.6) is 0 Å². The molecule has 0 bridgehead atoms. The van der Waals surface area contributed by atoms with E-state index in [-0.39, 0.29) is 5.41 Å². The molecule has 8 aromatic rings. The maximum atomic E-state index is 2.36. The largest absolute Gasteiger partial charge is 0.0622 e. The molecule has 0 saturated carbocycles. The van der Waals surface area contributed by atoms with Gasteiger partial charge in [-0.15, -0.1) is 0 Å². The van der Waals surface area contributed by atoms with Gasteiger partial charge in [-0.3, -0.25) is 0 Å². The zero-order valence-corrected chi connectivity index (χ0v) is 25.7. The summed E-state index contributed by atoms with van der Waals surface area (Å²) in [6.07, 6.45) is 0. The van der Waals surface area contributed by atoms with Gasteiger partial charge < -0.3 is 0 Å². The number of benzene rings is 8. The summed E-state index contributed by atoms with van der Waals surface area (Å²) in [4.78, 5) is 0. The number of hydrogen-bond donors (Lipinski definition) is 0. The topological polar surface area (TPSA) is 0 Å². The van der Waals surface area contributed by atoms with E-state index in [0.717, 1.165) is 0 Å². The molecule has 214 valence electrons. The van der Waals surface area contributed by atoms with Crippen LogP contribution in [-0.2, 0) is 5.41 Å². The van der Waals surface area contributed by atoms with Crippen LogP contribution in [0.25, 0.3) is 65.7 Å². The Morgan fingerprint density at radius 2 is 0.822 bits per heavy atom. The molecule has 0 aliphatic rings. The zero-order chi connectivity index (χ0) is 30.4. The van der Waals surface area contributed by atoms with Gasteiger partial charge in [-0.1, -0.05) is 178 Å². The normalized spacial score (nSPS) is 11.8. The summed E-state index contributed by atoms with van der Waals surface area (Å²) < 4.78 is 0. The van der Waals surface area contributed by atoms with Crippen molar-refractivity contribution >= 4 is 32.3 Å². The van der Waals surface area contributed by atoms with Crippen molar-refractivity contribution in [3.05, 3.63) is 181 Å². The minimum Gasteiger partial charge on any atom is -0.0622 e. The van der Waals surface area contributed by atoms with Crippen molar-refractivity contribution in [3.8, 4) is 33.4 Å². The molecule has 0 N–H and O–H groups in total. The van der Waals surface area contributed by atoms with Crippen LogP contribution < -0.4 is 0 Å². The van der Waals surface area contributed by atoms with Gasteiger partial charge in [0.1, 0.15) is 0 Å². The molecular formula is C45H34. The van der Waals surface area contributed by atoms with Gasteiger partial charge in [0, 0.05) is 5.41 Å². The van der Waals surface area contributed by atoms with E-state index in [9.17, 15) is 0 Å². The fraction of sp³-hybridized carbons (Fsp3) is 0.0667. The van der Waals surface area contributed by atoms with Crippen LogP contribution in [0.15, 0.2) is 170 Å². The van der Waals surface area contributed by atoms with E-state index in [4.69, 9.17) is 0 Å². The first-order valence-corrected chi connectivity index (χ1v) is 15.8. The highest BCUT2D eigenvalue weighted by Gasteiger charge is 2.23. The SMILES string of the molecule is CC(C)(c1ccccc1)c1ccc(-c2cccc(-c3c4ccccc4c(-c4cccc5ccccc45)c4ccccc34)c2)cc1. The summed E-state index contributed by atoms with van der Waals surface area (Å²) in [7, 11) is 0. The van der Waals surface area contributed by atoms with Crippen LogP contribution in [0.4, 0.5) is 0 Å². The second-order valence-electron chi connectivity index (χ2n) is 12.5. The molecule has 8 rings (SSSR count). The van der Waals surface area contributed by atoms with Gasteiger partial charge in [-0.05, 0) is 82.9 Å². The van der Waals surface area contributed by atoms with E-state index in [1.165, 1.54) is 76.8 Å². The van der Waals surface area contributed by atoms with Crippen molar-refractivity contribution in [2.45, 2.75) is 19.3 Å². The molecule has 0 aliphatic carbocycles. The highest BCUT2D eigenvalue weighted by molar-refractivity contribution is 6.23. The summed E-state index contributed by atoms with van der Waals surface area (Å²) >= 11 is 0. The van der Waals surface area contributed by atoms with E-state index < -0.39 is 0 Å². The second-order valence-corrected chi connectivity index (χ2v) is 12.5. The van der Waals surface area contributed by atoms with E-state index in [1.54, 1.807) is 0 Å². The highest BCUT2D eigenvalue weighted by atomic mass is 14.3. The first-order chi connectivity index (χ1) is 22.1. The summed E-state index contributed by atoms with van der Waals surface area (Å²) in [6.45, 7) is 4.60. The molecule has 0 saturated heterocycles. The van der Waals surface area contributed by atoms with Crippen LogP contribution in [-0.4, -0.2) is 0 Å². The van der Waals surface area contributed by atoms with Crippen molar-refractivity contribution in [1.29, 1.82) is 0 Å². The standard InChI is InChI=1S/C45H34/c1-45(2,35-18-4-3-5-19-35)36-28-26-31(27-29-36)33-16-12-17-34(30-33)43-39-21-8-10-23-41(39)44(42-24-11-9-22-40(42)43)38-25-13-15-32-14-6-7-20-37(32)38/h3-30H,1-2H3. The Morgan fingerprint density at radius 3 is 1.49 bits per heavy atom. The Hall–Kier alpha value is -5.46. The molecule has 0 spiro atoms. The van der Waals surface area contributed by atoms with Gasteiger partial charge >= 0.3 is 0 Å². The Labute approximate surface area is 265 Å². The van der Waals surface area contributed by atoms with Crippen LogP contribution in [0, 0.1) is 0 Å². The van der Waals surface area contributed by atoms with Crippen molar-refractivity contribution < 1.29 is 0 Å². The second kappa shape index (κ2) is 10.9.